The van der Waals surface area contributed by atoms with Crippen molar-refractivity contribution in [2.45, 2.75) is 0 Å². The maximum absolute atomic E-state index is 6.40. The summed E-state index contributed by atoms with van der Waals surface area (Å²) in [5.74, 6) is 1.45. The van der Waals surface area contributed by atoms with Crippen LogP contribution >= 0.6 is 0 Å². The largest absolute Gasteiger partial charge is 0.456 e. The zero-order chi connectivity index (χ0) is 36.7. The molecule has 12 aromatic rings. The van der Waals surface area contributed by atoms with Gasteiger partial charge in [-0.2, -0.15) is 0 Å². The highest BCUT2D eigenvalue weighted by Gasteiger charge is 2.24. The molecule has 0 radical (unpaired) electrons. The first-order chi connectivity index (χ1) is 27.8. The van der Waals surface area contributed by atoms with E-state index in [1.54, 1.807) is 0 Å². The molecule has 56 heavy (non-hydrogen) atoms. The molecule has 6 heteroatoms. The molecule has 0 aliphatic heterocycles. The van der Waals surface area contributed by atoms with Crippen LogP contribution in [-0.2, 0) is 0 Å². The summed E-state index contributed by atoms with van der Waals surface area (Å²) < 4.78 is 13.2. The van der Waals surface area contributed by atoms with E-state index in [2.05, 4.69) is 149 Å². The minimum atomic E-state index is 0.674. The van der Waals surface area contributed by atoms with E-state index in [9.17, 15) is 0 Å². The monoisotopic (exact) mass is 717 g/mol. The van der Waals surface area contributed by atoms with Crippen LogP contribution in [0.15, 0.2) is 192 Å². The van der Waals surface area contributed by atoms with E-state index in [-0.39, 0.29) is 0 Å². The van der Waals surface area contributed by atoms with Gasteiger partial charge in [-0.15, -0.1) is 5.10 Å². The van der Waals surface area contributed by atoms with Gasteiger partial charge in [-0.1, -0.05) is 127 Å². The number of para-hydroxylation sites is 7. The fourth-order valence-corrected chi connectivity index (χ4v) is 8.68. The quantitative estimate of drug-likeness (QED) is 0.178. The fraction of sp³-hybridized carbons (Fsp3) is 0. The van der Waals surface area contributed by atoms with Gasteiger partial charge in [0, 0.05) is 43.4 Å². The van der Waals surface area contributed by atoms with Gasteiger partial charge < -0.3 is 13.6 Å². The van der Waals surface area contributed by atoms with Crippen LogP contribution in [0.2, 0.25) is 0 Å². The van der Waals surface area contributed by atoms with Gasteiger partial charge in [-0.3, -0.25) is 0 Å². The van der Waals surface area contributed by atoms with E-state index in [1.165, 1.54) is 10.8 Å². The van der Waals surface area contributed by atoms with Crippen molar-refractivity contribution in [1.82, 2.24) is 23.9 Å². The molecule has 0 N–H and O–H groups in total. The van der Waals surface area contributed by atoms with Gasteiger partial charge in [0.1, 0.15) is 11.2 Å². The Kier molecular flexibility index (Phi) is 6.53. The van der Waals surface area contributed by atoms with Crippen LogP contribution in [-0.4, -0.2) is 23.9 Å². The number of rotatable bonds is 5. The van der Waals surface area contributed by atoms with E-state index in [1.807, 2.05) is 53.2 Å². The van der Waals surface area contributed by atoms with Crippen molar-refractivity contribution in [3.05, 3.63) is 188 Å². The number of fused-ring (bicyclic) bond motifs is 9. The number of hydrogen-bond acceptors (Lipinski definition) is 3. The van der Waals surface area contributed by atoms with Gasteiger partial charge in [-0.05, 0) is 60.7 Å². The summed E-state index contributed by atoms with van der Waals surface area (Å²) in [5.41, 5.74) is 11.2. The van der Waals surface area contributed by atoms with E-state index in [0.29, 0.717) is 5.82 Å². The lowest BCUT2D eigenvalue weighted by Gasteiger charge is -2.18. The summed E-state index contributed by atoms with van der Waals surface area (Å²) in [6, 6.07) is 66.0. The van der Waals surface area contributed by atoms with Gasteiger partial charge in [0.25, 0.3) is 0 Å². The van der Waals surface area contributed by atoms with Gasteiger partial charge in [0.15, 0.2) is 11.6 Å². The van der Waals surface area contributed by atoms with Crippen molar-refractivity contribution < 1.29 is 4.42 Å². The summed E-state index contributed by atoms with van der Waals surface area (Å²) in [7, 11) is 0. The van der Waals surface area contributed by atoms with E-state index < -0.39 is 0 Å². The first-order valence-electron chi connectivity index (χ1n) is 18.8. The zero-order valence-corrected chi connectivity index (χ0v) is 30.0. The summed E-state index contributed by atoms with van der Waals surface area (Å²) in [4.78, 5) is 5.31. The van der Waals surface area contributed by atoms with Crippen LogP contribution in [0.1, 0.15) is 0 Å². The predicted molar refractivity (Wildman–Crippen MR) is 228 cm³/mol. The molecule has 0 saturated heterocycles. The maximum atomic E-state index is 6.40. The minimum Gasteiger partial charge on any atom is -0.456 e. The Bertz CT molecular complexity index is 3480. The Hall–Kier alpha value is -7.70. The molecule has 4 heterocycles. The number of nitrogens with zero attached hydrogens (tertiary/aromatic N) is 5. The molecule has 12 rings (SSSR count). The second-order valence-electron chi connectivity index (χ2n) is 14.2. The Balaban J connectivity index is 1.19. The van der Waals surface area contributed by atoms with Crippen molar-refractivity contribution in [2.24, 2.45) is 0 Å². The zero-order valence-electron chi connectivity index (χ0n) is 30.0. The van der Waals surface area contributed by atoms with Crippen LogP contribution in [0, 0.1) is 0 Å². The smallest absolute Gasteiger partial charge is 0.182 e. The van der Waals surface area contributed by atoms with Crippen LogP contribution in [0.25, 0.3) is 105 Å². The van der Waals surface area contributed by atoms with Crippen molar-refractivity contribution in [3.8, 4) is 39.8 Å². The van der Waals surface area contributed by atoms with Crippen molar-refractivity contribution in [3.63, 3.8) is 0 Å². The van der Waals surface area contributed by atoms with Crippen molar-refractivity contribution in [1.29, 1.82) is 0 Å². The van der Waals surface area contributed by atoms with Gasteiger partial charge in [0.2, 0.25) is 0 Å². The predicted octanol–water partition coefficient (Wildman–Crippen LogP) is 12.7. The van der Waals surface area contributed by atoms with Crippen LogP contribution in [0.3, 0.4) is 0 Å². The number of furan rings is 1. The standard InChI is InChI=1S/C50H31N5O/c1-3-16-32(17-4-1)49-51-50(55(52-49)33-18-5-2-6-19-33)38-24-15-23-37-34-20-7-11-26-42(34)54(48(37)38)44-28-13-12-27-43(44)53-41-25-10-8-21-35(41)39-31-47-40(30-45(39)53)36-22-9-14-29-46(36)56-47/h1-31H. The normalized spacial score (nSPS) is 11.9. The molecule has 0 saturated carbocycles. The summed E-state index contributed by atoms with van der Waals surface area (Å²) in [5, 5.41) is 12.0. The summed E-state index contributed by atoms with van der Waals surface area (Å²) >= 11 is 0. The molecule has 4 aromatic heterocycles. The number of benzene rings is 8. The minimum absolute atomic E-state index is 0.674. The Labute approximate surface area is 320 Å². The third kappa shape index (κ3) is 4.44. The van der Waals surface area contributed by atoms with E-state index in [0.717, 1.165) is 88.8 Å². The third-order valence-corrected chi connectivity index (χ3v) is 11.1. The highest BCUT2D eigenvalue weighted by molar-refractivity contribution is 6.18. The Morgan fingerprint density at radius 1 is 0.411 bits per heavy atom. The number of hydrogen-bond donors (Lipinski definition) is 0. The summed E-state index contributed by atoms with van der Waals surface area (Å²) in [6.45, 7) is 0. The Morgan fingerprint density at radius 2 is 1.02 bits per heavy atom. The Morgan fingerprint density at radius 3 is 1.80 bits per heavy atom. The van der Waals surface area contributed by atoms with Crippen LogP contribution in [0.4, 0.5) is 0 Å². The van der Waals surface area contributed by atoms with E-state index in [4.69, 9.17) is 14.5 Å². The summed E-state index contributed by atoms with van der Waals surface area (Å²) in [6.07, 6.45) is 0. The SMILES string of the molecule is c1ccc(-c2nc(-c3cccc4c5ccccc5n(-c5ccccc5-n5c6ccccc6c6cc7oc8ccccc8c7cc65)c34)n(-c3ccccc3)n2)cc1. The molecule has 0 fully saturated rings. The fourth-order valence-electron chi connectivity index (χ4n) is 8.68. The third-order valence-electron chi connectivity index (χ3n) is 11.1. The highest BCUT2D eigenvalue weighted by Crippen LogP contribution is 2.43. The average molecular weight is 718 g/mol. The van der Waals surface area contributed by atoms with Crippen LogP contribution in [0.5, 0.6) is 0 Å². The van der Waals surface area contributed by atoms with Crippen LogP contribution < -0.4 is 0 Å². The topological polar surface area (TPSA) is 53.7 Å². The van der Waals surface area contributed by atoms with E-state index >= 15 is 0 Å². The lowest BCUT2D eigenvalue weighted by atomic mass is 10.1. The molecule has 0 amide bonds. The van der Waals surface area contributed by atoms with Gasteiger partial charge in [0.05, 0.1) is 39.1 Å². The first kappa shape index (κ1) is 30.7. The van der Waals surface area contributed by atoms with Gasteiger partial charge >= 0.3 is 0 Å². The molecule has 6 nitrogen and oxygen atoms in total. The molecular weight excluding hydrogens is 687 g/mol. The second-order valence-corrected chi connectivity index (χ2v) is 14.2. The highest BCUT2D eigenvalue weighted by atomic mass is 16.3. The molecule has 0 unspecified atom stereocenters. The van der Waals surface area contributed by atoms with Gasteiger partial charge in [-0.25, -0.2) is 9.67 Å². The second kappa shape index (κ2) is 11.9. The molecule has 0 atom stereocenters. The first-order valence-corrected chi connectivity index (χ1v) is 18.8. The average Bonchev–Trinajstić information content (AvgIpc) is 4.03. The molecule has 0 spiro atoms. The van der Waals surface area contributed by atoms with Crippen molar-refractivity contribution in [2.75, 3.05) is 0 Å². The molecule has 8 aromatic carbocycles. The molecule has 262 valence electrons. The van der Waals surface area contributed by atoms with Crippen molar-refractivity contribution >= 4 is 65.6 Å². The molecule has 0 aliphatic rings. The maximum Gasteiger partial charge on any atom is 0.182 e. The lowest BCUT2D eigenvalue weighted by Crippen LogP contribution is -2.05. The lowest BCUT2D eigenvalue weighted by molar-refractivity contribution is 0.669. The molecule has 0 bridgehead atoms. The number of aromatic nitrogens is 5. The molecule has 0 aliphatic carbocycles. The molecular formula is C50H31N5O.